The van der Waals surface area contributed by atoms with Crippen molar-refractivity contribution in [3.05, 3.63) is 79.2 Å². The molecule has 2 unspecified atom stereocenters. The number of aliphatic hydroxyl groups excluding tert-OH is 1. The van der Waals surface area contributed by atoms with Gasteiger partial charge >= 0.3 is 4.87 Å². The Labute approximate surface area is 177 Å². The van der Waals surface area contributed by atoms with Crippen molar-refractivity contribution < 1.29 is 14.9 Å². The number of hydrogen-bond acceptors (Lipinski definition) is 6. The van der Waals surface area contributed by atoms with Crippen molar-refractivity contribution in [1.82, 2.24) is 10.3 Å². The number of thiazole rings is 1. The first-order valence-electron chi connectivity index (χ1n) is 9.20. The van der Waals surface area contributed by atoms with E-state index in [0.717, 1.165) is 28.2 Å². The summed E-state index contributed by atoms with van der Waals surface area (Å²) in [5, 5.41) is 23.8. The second kappa shape index (κ2) is 9.93. The van der Waals surface area contributed by atoms with Crippen LogP contribution in [0.3, 0.4) is 0 Å². The van der Waals surface area contributed by atoms with Gasteiger partial charge in [0.2, 0.25) is 5.88 Å². The Hall–Kier alpha value is -2.32. The third-order valence-electron chi connectivity index (χ3n) is 4.38. The summed E-state index contributed by atoms with van der Waals surface area (Å²) in [4.78, 5) is 14.0. The Morgan fingerprint density at radius 1 is 1.24 bits per heavy atom. The molecule has 3 aromatic rings. The van der Waals surface area contributed by atoms with Crippen molar-refractivity contribution in [2.45, 2.75) is 25.5 Å². The maximum absolute atomic E-state index is 11.3. The highest BCUT2D eigenvalue weighted by atomic mass is 35.5. The van der Waals surface area contributed by atoms with Gasteiger partial charge in [0, 0.05) is 24.0 Å². The van der Waals surface area contributed by atoms with Gasteiger partial charge in [-0.05, 0) is 42.3 Å². The topological polar surface area (TPSA) is 94.6 Å². The molecule has 0 saturated carbocycles. The fourth-order valence-corrected chi connectivity index (χ4v) is 3.74. The third kappa shape index (κ3) is 6.33. The molecule has 0 spiro atoms. The molecular formula is C21H23ClN2O4S. The van der Waals surface area contributed by atoms with Gasteiger partial charge in [-0.2, -0.15) is 0 Å². The molecule has 1 aromatic heterocycles. The summed E-state index contributed by atoms with van der Waals surface area (Å²) in [5.41, 5.74) is 1.74. The molecule has 0 amide bonds. The fraction of sp³-hybridized carbons (Fsp3) is 0.286. The molecule has 8 heteroatoms. The number of aromatic amines is 1. The Morgan fingerprint density at radius 2 is 2.00 bits per heavy atom. The summed E-state index contributed by atoms with van der Waals surface area (Å²) >= 11 is 6.96. The van der Waals surface area contributed by atoms with E-state index in [2.05, 4.69) is 10.3 Å². The van der Waals surface area contributed by atoms with E-state index in [0.29, 0.717) is 29.5 Å². The molecule has 2 aromatic carbocycles. The van der Waals surface area contributed by atoms with Gasteiger partial charge in [-0.15, -0.1) is 0 Å². The van der Waals surface area contributed by atoms with Crippen molar-refractivity contribution in [2.24, 2.45) is 0 Å². The molecular weight excluding hydrogens is 412 g/mol. The number of aromatic hydroxyl groups is 1. The standard InChI is InChI=1S/C21H23ClN2O4S/c1-13(23-11-18(25)15-3-2-4-16(22)10-15)12-28-17-7-5-14(6-8-17)9-19-20(26)24-21(27)29-19/h2-8,10,13,18,23,25-26H,9,11-12H2,1H3,(H,24,27). The number of aromatic nitrogens is 1. The van der Waals surface area contributed by atoms with Crippen LogP contribution in [0.1, 0.15) is 29.0 Å². The van der Waals surface area contributed by atoms with Gasteiger partial charge in [-0.3, -0.25) is 9.78 Å². The molecule has 3 rings (SSSR count). The van der Waals surface area contributed by atoms with E-state index in [4.69, 9.17) is 16.3 Å². The molecule has 0 aliphatic rings. The van der Waals surface area contributed by atoms with Crippen LogP contribution >= 0.6 is 22.9 Å². The van der Waals surface area contributed by atoms with Crippen LogP contribution in [0.5, 0.6) is 11.6 Å². The van der Waals surface area contributed by atoms with Gasteiger partial charge in [0.15, 0.2) is 0 Å². The molecule has 154 valence electrons. The molecule has 0 radical (unpaired) electrons. The zero-order valence-electron chi connectivity index (χ0n) is 15.9. The van der Waals surface area contributed by atoms with Gasteiger partial charge in [0.05, 0.1) is 11.0 Å². The van der Waals surface area contributed by atoms with Crippen molar-refractivity contribution in [3.63, 3.8) is 0 Å². The van der Waals surface area contributed by atoms with Crippen LogP contribution in [-0.2, 0) is 6.42 Å². The molecule has 2 atom stereocenters. The molecule has 0 bridgehead atoms. The molecule has 4 N–H and O–H groups in total. The van der Waals surface area contributed by atoms with Crippen LogP contribution < -0.4 is 14.9 Å². The van der Waals surface area contributed by atoms with Gasteiger partial charge < -0.3 is 20.3 Å². The normalized spacial score (nSPS) is 13.2. The van der Waals surface area contributed by atoms with E-state index >= 15 is 0 Å². The molecule has 29 heavy (non-hydrogen) atoms. The van der Waals surface area contributed by atoms with Gasteiger partial charge in [-0.1, -0.05) is 47.2 Å². The smallest absolute Gasteiger partial charge is 0.307 e. The van der Waals surface area contributed by atoms with Crippen LogP contribution in [0.25, 0.3) is 0 Å². The highest BCUT2D eigenvalue weighted by Gasteiger charge is 2.11. The number of ether oxygens (including phenoxy) is 1. The van der Waals surface area contributed by atoms with Gasteiger partial charge in [-0.25, -0.2) is 0 Å². The summed E-state index contributed by atoms with van der Waals surface area (Å²) in [6.07, 6.45) is -0.162. The van der Waals surface area contributed by atoms with Gasteiger partial charge in [0.1, 0.15) is 12.4 Å². The molecule has 1 heterocycles. The number of benzene rings is 2. The van der Waals surface area contributed by atoms with E-state index < -0.39 is 6.10 Å². The first kappa shape index (κ1) is 21.4. The van der Waals surface area contributed by atoms with E-state index in [1.54, 1.807) is 12.1 Å². The summed E-state index contributed by atoms with van der Waals surface area (Å²) in [6.45, 7) is 2.82. The molecule has 0 aliphatic carbocycles. The SMILES string of the molecule is CC(COc1ccc(Cc2sc(=O)[nH]c2O)cc1)NCC(O)c1cccc(Cl)c1. The first-order chi connectivity index (χ1) is 13.9. The van der Waals surface area contributed by atoms with E-state index in [-0.39, 0.29) is 16.8 Å². The number of rotatable bonds is 9. The molecule has 0 fully saturated rings. The Morgan fingerprint density at radius 3 is 2.66 bits per heavy atom. The predicted molar refractivity (Wildman–Crippen MR) is 115 cm³/mol. The van der Waals surface area contributed by atoms with Crippen LogP contribution in [0.15, 0.2) is 53.3 Å². The van der Waals surface area contributed by atoms with Crippen LogP contribution in [0.4, 0.5) is 0 Å². The summed E-state index contributed by atoms with van der Waals surface area (Å²) in [6, 6.07) is 14.7. The third-order valence-corrected chi connectivity index (χ3v) is 5.49. The van der Waals surface area contributed by atoms with E-state index in [1.807, 2.05) is 43.3 Å². The van der Waals surface area contributed by atoms with Crippen molar-refractivity contribution in [2.75, 3.05) is 13.2 Å². The fourth-order valence-electron chi connectivity index (χ4n) is 2.79. The van der Waals surface area contributed by atoms with Crippen molar-refractivity contribution in [1.29, 1.82) is 0 Å². The first-order valence-corrected chi connectivity index (χ1v) is 10.4. The average Bonchev–Trinajstić information content (AvgIpc) is 3.02. The quantitative estimate of drug-likeness (QED) is 0.413. The molecule has 6 nitrogen and oxygen atoms in total. The van der Waals surface area contributed by atoms with Crippen molar-refractivity contribution in [3.8, 4) is 11.6 Å². The predicted octanol–water partition coefficient (Wildman–Crippen LogP) is 3.48. The number of halogens is 1. The van der Waals surface area contributed by atoms with Crippen LogP contribution in [0.2, 0.25) is 5.02 Å². The Kier molecular flexibility index (Phi) is 7.33. The highest BCUT2D eigenvalue weighted by Crippen LogP contribution is 2.22. The Balaban J connectivity index is 1.44. The second-order valence-electron chi connectivity index (χ2n) is 6.80. The zero-order valence-corrected chi connectivity index (χ0v) is 17.5. The summed E-state index contributed by atoms with van der Waals surface area (Å²) in [5.74, 6) is 0.657. The van der Waals surface area contributed by atoms with E-state index in [1.165, 1.54) is 0 Å². The highest BCUT2D eigenvalue weighted by molar-refractivity contribution is 7.09. The lowest BCUT2D eigenvalue weighted by Crippen LogP contribution is -2.34. The number of H-pyrrole nitrogens is 1. The second-order valence-corrected chi connectivity index (χ2v) is 8.30. The molecule has 0 saturated heterocycles. The minimum Gasteiger partial charge on any atom is -0.494 e. The number of aliphatic hydroxyl groups is 1. The average molecular weight is 435 g/mol. The lowest BCUT2D eigenvalue weighted by atomic mass is 10.1. The Bertz CT molecular complexity index is 987. The maximum atomic E-state index is 11.3. The summed E-state index contributed by atoms with van der Waals surface area (Å²) in [7, 11) is 0. The number of nitrogens with one attached hydrogen (secondary N) is 2. The lowest BCUT2D eigenvalue weighted by molar-refractivity contribution is 0.163. The zero-order chi connectivity index (χ0) is 20.8. The summed E-state index contributed by atoms with van der Waals surface area (Å²) < 4.78 is 5.79. The van der Waals surface area contributed by atoms with Gasteiger partial charge in [0.25, 0.3) is 0 Å². The minimum atomic E-state index is -0.643. The van der Waals surface area contributed by atoms with Crippen LogP contribution in [-0.4, -0.2) is 34.4 Å². The monoisotopic (exact) mass is 434 g/mol. The van der Waals surface area contributed by atoms with Crippen molar-refractivity contribution >= 4 is 22.9 Å². The molecule has 0 aliphatic heterocycles. The number of hydrogen-bond donors (Lipinski definition) is 4. The maximum Gasteiger partial charge on any atom is 0.307 e. The van der Waals surface area contributed by atoms with Crippen LogP contribution in [0, 0.1) is 0 Å². The van der Waals surface area contributed by atoms with E-state index in [9.17, 15) is 15.0 Å². The lowest BCUT2D eigenvalue weighted by Gasteiger charge is -2.18. The minimum absolute atomic E-state index is 0.0394. The largest absolute Gasteiger partial charge is 0.494 e.